The number of anilines is 1. The maximum absolute atomic E-state index is 13.6. The zero-order chi connectivity index (χ0) is 15.5. The van der Waals surface area contributed by atoms with Crippen LogP contribution in [-0.2, 0) is 12.8 Å². The third-order valence-corrected chi connectivity index (χ3v) is 3.90. The van der Waals surface area contributed by atoms with E-state index in [1.165, 1.54) is 23.4 Å². The molecule has 1 atom stereocenters. The lowest BCUT2D eigenvalue weighted by molar-refractivity contribution is 0.258. The highest BCUT2D eigenvalue weighted by atomic mass is 35.5. The average Bonchev–Trinajstić information content (AvgIpc) is 2.95. The van der Waals surface area contributed by atoms with Gasteiger partial charge in [-0.05, 0) is 54.2 Å². The summed E-state index contributed by atoms with van der Waals surface area (Å²) in [5.74, 6) is -0.0485. The second-order valence-corrected chi connectivity index (χ2v) is 5.85. The Morgan fingerprint density at radius 3 is 2.78 bits per heavy atom. The molecule has 1 heterocycles. The van der Waals surface area contributed by atoms with Crippen LogP contribution in [0, 0.1) is 17.6 Å². The number of hydrogen-bond donors (Lipinski definition) is 1. The van der Waals surface area contributed by atoms with E-state index < -0.39 is 11.6 Å². The van der Waals surface area contributed by atoms with Crippen molar-refractivity contribution in [1.29, 1.82) is 0 Å². The molecule has 1 aliphatic rings. The lowest BCUT2D eigenvalue weighted by atomic mass is 10.0. The summed E-state index contributed by atoms with van der Waals surface area (Å²) < 4.78 is 32.3. The van der Waals surface area contributed by atoms with Crippen molar-refractivity contribution >= 4 is 18.1 Å². The van der Waals surface area contributed by atoms with E-state index in [1.54, 1.807) is 0 Å². The first-order valence-electron chi connectivity index (χ1n) is 7.55. The molecular weight excluding hydrogens is 320 g/mol. The summed E-state index contributed by atoms with van der Waals surface area (Å²) in [5, 5.41) is 3.31. The van der Waals surface area contributed by atoms with Crippen LogP contribution in [0.4, 0.5) is 14.5 Å². The molecule has 0 saturated carbocycles. The monoisotopic (exact) mass is 339 g/mol. The zero-order valence-corrected chi connectivity index (χ0v) is 13.8. The van der Waals surface area contributed by atoms with Crippen molar-refractivity contribution in [3.63, 3.8) is 0 Å². The molecule has 3 rings (SSSR count). The molecule has 5 heteroatoms. The van der Waals surface area contributed by atoms with Gasteiger partial charge in [-0.25, -0.2) is 8.78 Å². The van der Waals surface area contributed by atoms with Crippen molar-refractivity contribution in [2.45, 2.75) is 19.8 Å². The SMILES string of the molecule is CC(COc1ccc2c(c1)CCN2)Cc1ccc(F)cc1F.Cl. The Bertz CT molecular complexity index is 678. The number of hydrogen-bond acceptors (Lipinski definition) is 2. The van der Waals surface area contributed by atoms with Gasteiger partial charge in [-0.1, -0.05) is 13.0 Å². The highest BCUT2D eigenvalue weighted by Gasteiger charge is 2.12. The number of nitrogens with one attached hydrogen (secondary N) is 1. The molecule has 0 aromatic heterocycles. The minimum Gasteiger partial charge on any atom is -0.493 e. The quantitative estimate of drug-likeness (QED) is 0.858. The van der Waals surface area contributed by atoms with E-state index in [0.29, 0.717) is 18.6 Å². The predicted molar refractivity (Wildman–Crippen MR) is 90.6 cm³/mol. The van der Waals surface area contributed by atoms with Crippen molar-refractivity contribution < 1.29 is 13.5 Å². The van der Waals surface area contributed by atoms with E-state index in [9.17, 15) is 8.78 Å². The van der Waals surface area contributed by atoms with Crippen LogP contribution in [0.25, 0.3) is 0 Å². The normalized spacial score (nSPS) is 13.7. The average molecular weight is 340 g/mol. The van der Waals surface area contributed by atoms with Gasteiger partial charge in [0.15, 0.2) is 0 Å². The molecule has 2 nitrogen and oxygen atoms in total. The second kappa shape index (κ2) is 7.64. The van der Waals surface area contributed by atoms with Gasteiger partial charge in [0.1, 0.15) is 17.4 Å². The second-order valence-electron chi connectivity index (χ2n) is 5.85. The third kappa shape index (κ3) is 4.35. The van der Waals surface area contributed by atoms with E-state index >= 15 is 0 Å². The van der Waals surface area contributed by atoms with Crippen LogP contribution in [0.2, 0.25) is 0 Å². The molecule has 1 aliphatic heterocycles. The summed E-state index contributed by atoms with van der Waals surface area (Å²) in [7, 11) is 0. The van der Waals surface area contributed by atoms with Crippen LogP contribution in [0.5, 0.6) is 5.75 Å². The molecule has 0 saturated heterocycles. The van der Waals surface area contributed by atoms with Gasteiger partial charge >= 0.3 is 0 Å². The summed E-state index contributed by atoms with van der Waals surface area (Å²) in [6.45, 7) is 3.47. The standard InChI is InChI=1S/C18H19F2NO.ClH/c1-12(8-13-2-3-15(19)10-17(13)20)11-22-16-4-5-18-14(9-16)6-7-21-18;/h2-5,9-10,12,21H,6-8,11H2,1H3;1H. The van der Waals surface area contributed by atoms with Gasteiger partial charge in [-0.2, -0.15) is 0 Å². The first-order valence-corrected chi connectivity index (χ1v) is 7.55. The lowest BCUT2D eigenvalue weighted by Crippen LogP contribution is -2.12. The fourth-order valence-corrected chi connectivity index (χ4v) is 2.73. The fraction of sp³-hybridized carbons (Fsp3) is 0.333. The Kier molecular flexibility index (Phi) is 5.83. The third-order valence-electron chi connectivity index (χ3n) is 3.90. The molecule has 0 aliphatic carbocycles. The van der Waals surface area contributed by atoms with E-state index in [-0.39, 0.29) is 18.3 Å². The molecule has 2 aromatic carbocycles. The van der Waals surface area contributed by atoms with Gasteiger partial charge in [0.2, 0.25) is 0 Å². The Hall–Kier alpha value is -1.81. The Morgan fingerprint density at radius 1 is 1.17 bits per heavy atom. The van der Waals surface area contributed by atoms with Crippen molar-refractivity contribution in [2.24, 2.45) is 5.92 Å². The van der Waals surface area contributed by atoms with Crippen molar-refractivity contribution in [3.8, 4) is 5.75 Å². The first kappa shape index (κ1) is 17.5. The molecule has 1 unspecified atom stereocenters. The summed E-state index contributed by atoms with van der Waals surface area (Å²) in [6, 6.07) is 9.75. The molecule has 23 heavy (non-hydrogen) atoms. The van der Waals surface area contributed by atoms with E-state index in [4.69, 9.17) is 4.74 Å². The molecule has 0 amide bonds. The summed E-state index contributed by atoms with van der Waals surface area (Å²) in [6.07, 6.45) is 1.54. The van der Waals surface area contributed by atoms with Crippen LogP contribution in [0.3, 0.4) is 0 Å². The Labute approximate surface area is 141 Å². The summed E-state index contributed by atoms with van der Waals surface area (Å²) in [4.78, 5) is 0. The minimum atomic E-state index is -0.545. The Balaban J connectivity index is 0.00000192. The molecule has 2 aromatic rings. The van der Waals surface area contributed by atoms with Crippen LogP contribution < -0.4 is 10.1 Å². The largest absolute Gasteiger partial charge is 0.493 e. The number of ether oxygens (including phenoxy) is 1. The predicted octanol–water partition coefficient (Wildman–Crippen LogP) is 4.61. The van der Waals surface area contributed by atoms with Gasteiger partial charge in [-0.3, -0.25) is 0 Å². The molecule has 0 spiro atoms. The number of benzene rings is 2. The van der Waals surface area contributed by atoms with Gasteiger partial charge < -0.3 is 10.1 Å². The zero-order valence-electron chi connectivity index (χ0n) is 12.9. The molecule has 0 fully saturated rings. The molecule has 0 bridgehead atoms. The Morgan fingerprint density at radius 2 is 2.00 bits per heavy atom. The van der Waals surface area contributed by atoms with Crippen LogP contribution in [0.1, 0.15) is 18.1 Å². The summed E-state index contributed by atoms with van der Waals surface area (Å²) in [5.41, 5.74) is 2.97. The van der Waals surface area contributed by atoms with Crippen molar-refractivity contribution in [1.82, 2.24) is 0 Å². The van der Waals surface area contributed by atoms with Crippen LogP contribution in [0.15, 0.2) is 36.4 Å². The van der Waals surface area contributed by atoms with Crippen LogP contribution >= 0.6 is 12.4 Å². The van der Waals surface area contributed by atoms with Crippen molar-refractivity contribution in [2.75, 3.05) is 18.5 Å². The minimum absolute atomic E-state index is 0. The van der Waals surface area contributed by atoms with Gasteiger partial charge in [0.25, 0.3) is 0 Å². The van der Waals surface area contributed by atoms with E-state index in [2.05, 4.69) is 11.4 Å². The molecule has 124 valence electrons. The number of halogens is 3. The van der Waals surface area contributed by atoms with Gasteiger partial charge in [-0.15, -0.1) is 12.4 Å². The molecule has 0 radical (unpaired) electrons. The highest BCUT2D eigenvalue weighted by molar-refractivity contribution is 5.85. The molecule has 1 N–H and O–H groups in total. The van der Waals surface area contributed by atoms with Crippen LogP contribution in [-0.4, -0.2) is 13.2 Å². The summed E-state index contributed by atoms with van der Waals surface area (Å²) >= 11 is 0. The topological polar surface area (TPSA) is 21.3 Å². The van der Waals surface area contributed by atoms with E-state index in [0.717, 1.165) is 24.8 Å². The maximum atomic E-state index is 13.6. The number of rotatable bonds is 5. The lowest BCUT2D eigenvalue weighted by Gasteiger charge is -2.14. The van der Waals surface area contributed by atoms with E-state index in [1.807, 2.05) is 19.1 Å². The smallest absolute Gasteiger partial charge is 0.129 e. The first-order chi connectivity index (χ1) is 10.6. The maximum Gasteiger partial charge on any atom is 0.129 e. The number of fused-ring (bicyclic) bond motifs is 1. The van der Waals surface area contributed by atoms with Crippen molar-refractivity contribution in [3.05, 3.63) is 59.2 Å². The van der Waals surface area contributed by atoms with Gasteiger partial charge in [0, 0.05) is 18.3 Å². The highest BCUT2D eigenvalue weighted by Crippen LogP contribution is 2.27. The molecular formula is C18H20ClF2NO. The van der Waals surface area contributed by atoms with Gasteiger partial charge in [0.05, 0.1) is 6.61 Å². The fourth-order valence-electron chi connectivity index (χ4n) is 2.73.